The number of nitrogens with two attached hydrogens (primary N) is 1. The molecule has 1 aliphatic heterocycles. The minimum absolute atomic E-state index is 0.103. The second-order valence-corrected chi connectivity index (χ2v) is 16.2. The van der Waals surface area contributed by atoms with E-state index in [0.29, 0.717) is 22.4 Å². The van der Waals surface area contributed by atoms with Crippen molar-refractivity contribution in [3.05, 3.63) is 100 Å². The lowest BCUT2D eigenvalue weighted by atomic mass is 9.98. The molecule has 1 fully saturated rings. The highest BCUT2D eigenvalue weighted by atomic mass is 35.5. The highest BCUT2D eigenvalue weighted by molar-refractivity contribution is 7.91. The molecule has 55 heavy (non-hydrogen) atoms. The van der Waals surface area contributed by atoms with Gasteiger partial charge >= 0.3 is 12.1 Å². The molecule has 0 radical (unpaired) electrons. The highest BCUT2D eigenvalue weighted by Gasteiger charge is 2.50. The van der Waals surface area contributed by atoms with Crippen LogP contribution in [0.25, 0.3) is 0 Å². The molecule has 3 amide bonds. The number of carbonyl (C=O) groups is 4. The van der Waals surface area contributed by atoms with Gasteiger partial charge in [-0.15, -0.1) is 0 Å². The van der Waals surface area contributed by atoms with Crippen molar-refractivity contribution in [3.63, 3.8) is 0 Å². The number of methoxy groups -OCH3 is 1. The number of nitrogens with zero attached hydrogens (tertiary/aromatic N) is 1. The summed E-state index contributed by atoms with van der Waals surface area (Å²) in [5.74, 6) is -12.1. The molecule has 3 aromatic carbocycles. The first-order chi connectivity index (χ1) is 25.7. The van der Waals surface area contributed by atoms with Crippen LogP contribution in [-0.4, -0.2) is 80.0 Å². The van der Waals surface area contributed by atoms with Crippen LogP contribution in [0.2, 0.25) is 5.02 Å². The van der Waals surface area contributed by atoms with Crippen molar-refractivity contribution in [1.82, 2.24) is 15.5 Å². The topological polar surface area (TPSA) is 165 Å². The normalized spacial score (nSPS) is 17.4. The average Bonchev–Trinajstić information content (AvgIpc) is 3.60. The number of sulfone groups is 1. The predicted molar refractivity (Wildman–Crippen MR) is 193 cm³/mol. The monoisotopic (exact) mass is 814 g/mol. The van der Waals surface area contributed by atoms with Gasteiger partial charge in [0.15, 0.2) is 9.84 Å². The molecule has 0 aliphatic carbocycles. The van der Waals surface area contributed by atoms with E-state index in [1.54, 1.807) is 12.1 Å². The van der Waals surface area contributed by atoms with E-state index in [2.05, 4.69) is 0 Å². The molecule has 11 nitrogen and oxygen atoms in total. The molecule has 0 aromatic heterocycles. The molecule has 2 unspecified atom stereocenters. The van der Waals surface area contributed by atoms with Gasteiger partial charge in [0.25, 0.3) is 11.7 Å². The van der Waals surface area contributed by atoms with Crippen molar-refractivity contribution in [2.75, 3.05) is 13.7 Å². The van der Waals surface area contributed by atoms with E-state index < -0.39 is 105 Å². The van der Waals surface area contributed by atoms with Gasteiger partial charge in [0.2, 0.25) is 11.8 Å². The molecule has 1 saturated heterocycles. The maximum absolute atomic E-state index is 15.6. The Balaban J connectivity index is 1.74. The first-order valence-corrected chi connectivity index (χ1v) is 19.1. The zero-order valence-corrected chi connectivity index (χ0v) is 31.5. The van der Waals surface area contributed by atoms with E-state index in [-0.39, 0.29) is 11.6 Å². The molecule has 3 aromatic rings. The van der Waals surface area contributed by atoms with Gasteiger partial charge in [-0.1, -0.05) is 74.0 Å². The summed E-state index contributed by atoms with van der Waals surface area (Å²) >= 11 is 5.88. The van der Waals surface area contributed by atoms with Crippen molar-refractivity contribution < 1.29 is 54.3 Å². The van der Waals surface area contributed by atoms with Crippen LogP contribution < -0.4 is 21.1 Å². The minimum atomic E-state index is -5.35. The van der Waals surface area contributed by atoms with Gasteiger partial charge < -0.3 is 26.0 Å². The standard InChI is InChI=1S/C37H40ClF5N4O7S/c1-21(2)31(32(48)37(41,42)43)46-33(49)30-17-28(55(52,53)20-24-11-13-27(54-3)14-12-24)19-47(30)34(50)29(15-22-7-9-23(18-44)10-8-22)45-35(51)36(39,40)25-5-4-6-26(38)16-25/h4-14,16,21,28-31H,15,17-20,44H2,1-3H3,(H,45,51)(H,46,49)/t28?,29-,30?,31-/m0/s1. The van der Waals surface area contributed by atoms with Gasteiger partial charge in [0.05, 0.1) is 24.2 Å². The van der Waals surface area contributed by atoms with Crippen molar-refractivity contribution in [2.24, 2.45) is 11.7 Å². The average molecular weight is 815 g/mol. The molecular formula is C37H40ClF5N4O7S. The van der Waals surface area contributed by atoms with Crippen LogP contribution in [0.4, 0.5) is 22.0 Å². The Labute approximate surface area is 319 Å². The number of benzene rings is 3. The molecule has 0 bridgehead atoms. The van der Waals surface area contributed by atoms with Gasteiger partial charge in [-0.05, 0) is 53.3 Å². The summed E-state index contributed by atoms with van der Waals surface area (Å²) in [5, 5.41) is 2.50. The number of carbonyl (C=O) groups excluding carboxylic acids is 4. The van der Waals surface area contributed by atoms with Crippen LogP contribution in [0, 0.1) is 5.92 Å². The Morgan fingerprint density at radius 2 is 1.53 bits per heavy atom. The maximum Gasteiger partial charge on any atom is 0.452 e. The van der Waals surface area contributed by atoms with Gasteiger partial charge in [0.1, 0.15) is 17.8 Å². The third-order valence-corrected chi connectivity index (χ3v) is 11.5. The van der Waals surface area contributed by atoms with E-state index in [1.807, 2.05) is 10.6 Å². The molecule has 0 saturated carbocycles. The Kier molecular flexibility index (Phi) is 13.7. The Bertz CT molecular complexity index is 1980. The van der Waals surface area contributed by atoms with Crippen LogP contribution >= 0.6 is 11.6 Å². The lowest BCUT2D eigenvalue weighted by Crippen LogP contribution is -2.58. The zero-order chi connectivity index (χ0) is 40.9. The Morgan fingerprint density at radius 3 is 2.07 bits per heavy atom. The molecule has 1 aliphatic rings. The van der Waals surface area contributed by atoms with E-state index in [4.69, 9.17) is 22.1 Å². The fourth-order valence-electron chi connectivity index (χ4n) is 6.09. The molecular weight excluding hydrogens is 775 g/mol. The van der Waals surface area contributed by atoms with Gasteiger partial charge in [0, 0.05) is 30.1 Å². The fraction of sp³-hybridized carbons (Fsp3) is 0.405. The number of hydrogen-bond acceptors (Lipinski definition) is 8. The number of halogens is 6. The molecule has 4 atom stereocenters. The third-order valence-electron chi connectivity index (χ3n) is 9.18. The number of Topliss-reactive ketones (excluding diaryl/α,β-unsaturated/α-hetero) is 1. The van der Waals surface area contributed by atoms with Crippen molar-refractivity contribution in [2.45, 2.75) is 74.5 Å². The largest absolute Gasteiger partial charge is 0.497 e. The SMILES string of the molecule is COc1ccc(CS(=O)(=O)C2CC(C(=O)N[C@H](C(=O)C(F)(F)F)C(C)C)N(C(=O)[C@H](Cc3ccc(CN)cc3)NC(=O)C(F)(F)c3cccc(Cl)c3)C2)cc1. The first-order valence-electron chi connectivity index (χ1n) is 17.0. The van der Waals surface area contributed by atoms with Crippen molar-refractivity contribution in [3.8, 4) is 5.75 Å². The van der Waals surface area contributed by atoms with Crippen LogP contribution in [0.15, 0.2) is 72.8 Å². The van der Waals surface area contributed by atoms with E-state index in [1.165, 1.54) is 69.5 Å². The lowest BCUT2D eigenvalue weighted by Gasteiger charge is -2.31. The van der Waals surface area contributed by atoms with Gasteiger partial charge in [-0.2, -0.15) is 22.0 Å². The summed E-state index contributed by atoms with van der Waals surface area (Å²) in [4.78, 5) is 54.5. The van der Waals surface area contributed by atoms with Crippen molar-refractivity contribution in [1.29, 1.82) is 0 Å². The summed E-state index contributed by atoms with van der Waals surface area (Å²) in [6, 6.07) is 10.8. The molecule has 1 heterocycles. The number of ether oxygens (including phenoxy) is 1. The summed E-state index contributed by atoms with van der Waals surface area (Å²) in [6.45, 7) is 1.94. The maximum atomic E-state index is 15.6. The highest BCUT2D eigenvalue weighted by Crippen LogP contribution is 2.32. The number of nitrogens with one attached hydrogen (secondary N) is 2. The molecule has 0 spiro atoms. The van der Waals surface area contributed by atoms with Crippen LogP contribution in [0.1, 0.15) is 42.5 Å². The predicted octanol–water partition coefficient (Wildman–Crippen LogP) is 4.48. The number of likely N-dealkylation sites (tertiary alicyclic amines) is 1. The zero-order valence-electron chi connectivity index (χ0n) is 29.9. The van der Waals surface area contributed by atoms with Gasteiger partial charge in [-0.3, -0.25) is 19.2 Å². The summed E-state index contributed by atoms with van der Waals surface area (Å²) in [6.07, 6.45) is -6.40. The second-order valence-electron chi connectivity index (χ2n) is 13.4. The van der Waals surface area contributed by atoms with Crippen LogP contribution in [0.5, 0.6) is 5.75 Å². The number of hydrogen-bond donors (Lipinski definition) is 3. The Morgan fingerprint density at radius 1 is 0.927 bits per heavy atom. The van der Waals surface area contributed by atoms with E-state index in [0.717, 1.165) is 17.0 Å². The third kappa shape index (κ3) is 10.6. The molecule has 18 heteroatoms. The smallest absolute Gasteiger partial charge is 0.452 e. The van der Waals surface area contributed by atoms with E-state index >= 15 is 8.78 Å². The number of ketones is 1. The summed E-state index contributed by atoms with van der Waals surface area (Å²) in [5.41, 5.74) is 6.22. The van der Waals surface area contributed by atoms with Crippen molar-refractivity contribution >= 4 is 44.9 Å². The minimum Gasteiger partial charge on any atom is -0.497 e. The number of amides is 3. The lowest BCUT2D eigenvalue weighted by molar-refractivity contribution is -0.175. The van der Waals surface area contributed by atoms with E-state index in [9.17, 15) is 40.8 Å². The van der Waals surface area contributed by atoms with Gasteiger partial charge in [-0.25, -0.2) is 8.42 Å². The van der Waals surface area contributed by atoms with Crippen LogP contribution in [0.3, 0.4) is 0 Å². The molecule has 4 N–H and O–H groups in total. The summed E-state index contributed by atoms with van der Waals surface area (Å²) < 4.78 is 104. The molecule has 298 valence electrons. The number of alkyl halides is 5. The number of rotatable bonds is 15. The first kappa shape index (κ1) is 43.1. The second kappa shape index (κ2) is 17.5. The molecule has 4 rings (SSSR count). The summed E-state index contributed by atoms with van der Waals surface area (Å²) in [7, 11) is -2.81. The van der Waals surface area contributed by atoms with Crippen LogP contribution in [-0.2, 0) is 53.7 Å². The quantitative estimate of drug-likeness (QED) is 0.189. The fourth-order valence-corrected chi connectivity index (χ4v) is 8.04. The Hall–Kier alpha value is -4.61.